The smallest absolute Gasteiger partial charge is 0.118 e. The van der Waals surface area contributed by atoms with Crippen LogP contribution in [0.2, 0.25) is 0 Å². The van der Waals surface area contributed by atoms with Crippen molar-refractivity contribution in [2.75, 3.05) is 13.1 Å². The maximum Gasteiger partial charge on any atom is 0.118 e. The van der Waals surface area contributed by atoms with Crippen molar-refractivity contribution in [3.63, 3.8) is 0 Å². The number of allylic oxidation sites excluding steroid dienone is 3. The average Bonchev–Trinajstić information content (AvgIpc) is 3.19. The number of nitrogens with two attached hydrogens (primary N) is 1. The molecule has 4 rings (SSSR count). The van der Waals surface area contributed by atoms with Crippen LogP contribution < -0.4 is 11.1 Å². The topological polar surface area (TPSA) is 88.5 Å². The van der Waals surface area contributed by atoms with Gasteiger partial charge in [0.2, 0.25) is 0 Å². The van der Waals surface area contributed by atoms with Crippen molar-refractivity contribution in [1.82, 2.24) is 15.1 Å². The van der Waals surface area contributed by atoms with Gasteiger partial charge in [0.1, 0.15) is 6.23 Å². The van der Waals surface area contributed by atoms with Gasteiger partial charge in [-0.3, -0.25) is 15.1 Å². The van der Waals surface area contributed by atoms with Crippen LogP contribution in [-0.4, -0.2) is 64.1 Å². The second-order valence-corrected chi connectivity index (χ2v) is 11.9. The number of nitrogens with zero attached hydrogens (tertiary/aromatic N) is 3. The molecule has 192 valence electrons. The maximum absolute atomic E-state index is 10.0. The van der Waals surface area contributed by atoms with E-state index in [2.05, 4.69) is 68.8 Å². The van der Waals surface area contributed by atoms with Gasteiger partial charge in [-0.05, 0) is 77.7 Å². The molecule has 4 unspecified atom stereocenters. The summed E-state index contributed by atoms with van der Waals surface area (Å²) in [5.74, 6) is 0.993. The number of aliphatic hydroxyl groups is 1. The van der Waals surface area contributed by atoms with Crippen molar-refractivity contribution in [2.24, 2.45) is 17.6 Å². The Bertz CT molecular complexity index is 765. The molecule has 2 saturated heterocycles. The van der Waals surface area contributed by atoms with Crippen molar-refractivity contribution >= 4 is 0 Å². The maximum atomic E-state index is 10.0. The van der Waals surface area contributed by atoms with Gasteiger partial charge in [0.05, 0.1) is 18.2 Å². The molecule has 0 spiro atoms. The fourth-order valence-electron chi connectivity index (χ4n) is 6.81. The summed E-state index contributed by atoms with van der Waals surface area (Å²) in [5.41, 5.74) is 9.29. The van der Waals surface area contributed by atoms with E-state index >= 15 is 0 Å². The van der Waals surface area contributed by atoms with Crippen molar-refractivity contribution in [1.29, 1.82) is 5.26 Å². The summed E-state index contributed by atoms with van der Waals surface area (Å²) in [6.45, 7) is 15.3. The van der Waals surface area contributed by atoms with E-state index in [4.69, 9.17) is 11.0 Å². The summed E-state index contributed by atoms with van der Waals surface area (Å²) < 4.78 is 0. The predicted octanol–water partition coefficient (Wildman–Crippen LogP) is 4.13. The molecule has 0 radical (unpaired) electrons. The molecule has 1 saturated carbocycles. The van der Waals surface area contributed by atoms with Crippen LogP contribution in [0.4, 0.5) is 0 Å². The Morgan fingerprint density at radius 1 is 1.26 bits per heavy atom. The first-order valence-corrected chi connectivity index (χ1v) is 13.5. The van der Waals surface area contributed by atoms with Crippen molar-refractivity contribution in [3.8, 4) is 6.07 Å². The first kappa shape index (κ1) is 27.4. The summed E-state index contributed by atoms with van der Waals surface area (Å²) in [5, 5.41) is 22.1. The lowest BCUT2D eigenvalue weighted by Crippen LogP contribution is -2.69. The van der Waals surface area contributed by atoms with Crippen molar-refractivity contribution in [2.45, 2.75) is 123 Å². The standard InChI is InChI=1S/C28H49N5O/c1-7-26(19(2)3)33(28(5,6)30)25-16-23-15-24(17-25)32(23)13-11-22(18-31-27(34)10-12-29)21-9-8-20(4)14-21/h8-9,19,22-27,31,34H,7,10-11,13-18,30H2,1-6H3/t22-,23?,24?,25?,26?,27?/m1/s1. The quantitative estimate of drug-likeness (QED) is 0.350. The van der Waals surface area contributed by atoms with E-state index in [1.165, 1.54) is 30.4 Å². The van der Waals surface area contributed by atoms with E-state index in [1.54, 1.807) is 0 Å². The summed E-state index contributed by atoms with van der Waals surface area (Å²) >= 11 is 0. The van der Waals surface area contributed by atoms with Gasteiger partial charge < -0.3 is 10.8 Å². The van der Waals surface area contributed by atoms with Crippen LogP contribution in [0.3, 0.4) is 0 Å². The van der Waals surface area contributed by atoms with Crippen LogP contribution in [0.1, 0.15) is 86.5 Å². The summed E-state index contributed by atoms with van der Waals surface area (Å²) in [6, 6.07) is 4.46. The second-order valence-electron chi connectivity index (χ2n) is 11.9. The Labute approximate surface area is 208 Å². The van der Waals surface area contributed by atoms with E-state index in [0.717, 1.165) is 32.4 Å². The number of hydrogen-bond donors (Lipinski definition) is 3. The van der Waals surface area contributed by atoms with Crippen molar-refractivity contribution in [3.05, 3.63) is 23.3 Å². The molecule has 0 amide bonds. The predicted molar refractivity (Wildman–Crippen MR) is 140 cm³/mol. The molecule has 2 aliphatic carbocycles. The monoisotopic (exact) mass is 471 g/mol. The molecule has 0 aromatic carbocycles. The number of fused-ring (bicyclic) bond motifs is 2. The Kier molecular flexibility index (Phi) is 9.39. The van der Waals surface area contributed by atoms with Gasteiger partial charge in [-0.1, -0.05) is 44.1 Å². The third kappa shape index (κ3) is 6.50. The lowest BCUT2D eigenvalue weighted by atomic mass is 9.74. The molecular formula is C28H49N5O. The Morgan fingerprint density at radius 3 is 2.44 bits per heavy atom. The largest absolute Gasteiger partial charge is 0.378 e. The summed E-state index contributed by atoms with van der Waals surface area (Å²) in [6.07, 6.45) is 10.9. The molecule has 3 fully saturated rings. The van der Waals surface area contributed by atoms with Gasteiger partial charge in [-0.15, -0.1) is 0 Å². The van der Waals surface area contributed by atoms with Crippen LogP contribution in [0.15, 0.2) is 23.3 Å². The second kappa shape index (κ2) is 11.7. The SMILES string of the molecule is CCC(C(C)C)N(C1CC2CC(C1)N2CC[C@H](CNC(O)CC#N)C1=CC=C(C)C1)C(C)(C)N. The van der Waals surface area contributed by atoms with Crippen molar-refractivity contribution < 1.29 is 5.11 Å². The zero-order chi connectivity index (χ0) is 25.0. The first-order valence-electron chi connectivity index (χ1n) is 13.5. The Morgan fingerprint density at radius 2 is 1.94 bits per heavy atom. The highest BCUT2D eigenvalue weighted by Crippen LogP contribution is 2.43. The molecule has 4 N–H and O–H groups in total. The zero-order valence-corrected chi connectivity index (χ0v) is 22.4. The fraction of sp³-hybridized carbons (Fsp3) is 0.821. The van der Waals surface area contributed by atoms with Gasteiger partial charge in [-0.25, -0.2) is 0 Å². The number of nitrogens with one attached hydrogen (secondary N) is 1. The van der Waals surface area contributed by atoms with Gasteiger partial charge in [0, 0.05) is 30.7 Å². The molecule has 4 aliphatic rings. The van der Waals surface area contributed by atoms with Gasteiger partial charge >= 0.3 is 0 Å². The number of rotatable bonds is 13. The Balaban J connectivity index is 1.59. The van der Waals surface area contributed by atoms with Gasteiger partial charge in [0.15, 0.2) is 0 Å². The summed E-state index contributed by atoms with van der Waals surface area (Å²) in [4.78, 5) is 5.39. The average molecular weight is 472 g/mol. The third-order valence-corrected chi connectivity index (χ3v) is 8.38. The minimum absolute atomic E-state index is 0.129. The van der Waals surface area contributed by atoms with E-state index in [1.807, 2.05) is 6.07 Å². The fourth-order valence-corrected chi connectivity index (χ4v) is 6.81. The first-order chi connectivity index (χ1) is 16.0. The number of nitriles is 1. The Hall–Kier alpha value is -1.23. The lowest BCUT2D eigenvalue weighted by Gasteiger charge is -2.60. The molecule has 5 atom stereocenters. The van der Waals surface area contributed by atoms with E-state index in [-0.39, 0.29) is 12.1 Å². The van der Waals surface area contributed by atoms with E-state index in [9.17, 15) is 5.11 Å². The third-order valence-electron chi connectivity index (χ3n) is 8.38. The molecule has 6 heteroatoms. The molecule has 0 aromatic heterocycles. The summed E-state index contributed by atoms with van der Waals surface area (Å²) in [7, 11) is 0. The van der Waals surface area contributed by atoms with Crippen LogP contribution in [0.5, 0.6) is 0 Å². The molecule has 2 bridgehead atoms. The molecule has 34 heavy (non-hydrogen) atoms. The van der Waals surface area contributed by atoms with Gasteiger partial charge in [-0.2, -0.15) is 5.26 Å². The minimum atomic E-state index is -0.745. The highest BCUT2D eigenvalue weighted by molar-refractivity contribution is 5.31. The number of hydrogen-bond acceptors (Lipinski definition) is 6. The number of piperidine rings is 1. The van der Waals surface area contributed by atoms with E-state index in [0.29, 0.717) is 36.0 Å². The molecule has 2 aliphatic heterocycles. The zero-order valence-electron chi connectivity index (χ0n) is 22.4. The van der Waals surface area contributed by atoms with E-state index < -0.39 is 6.23 Å². The van der Waals surface area contributed by atoms with Crippen LogP contribution in [0.25, 0.3) is 0 Å². The highest BCUT2D eigenvalue weighted by Gasteiger charge is 2.49. The molecular weight excluding hydrogens is 422 g/mol. The van der Waals surface area contributed by atoms with Crippen LogP contribution >= 0.6 is 0 Å². The molecule has 6 nitrogen and oxygen atoms in total. The lowest BCUT2D eigenvalue weighted by molar-refractivity contribution is -0.103. The van der Waals surface area contributed by atoms with Gasteiger partial charge in [0.25, 0.3) is 0 Å². The minimum Gasteiger partial charge on any atom is -0.378 e. The normalized spacial score (nSPS) is 27.7. The number of aliphatic hydroxyl groups excluding tert-OH is 1. The van der Waals surface area contributed by atoms with Crippen LogP contribution in [-0.2, 0) is 0 Å². The molecule has 2 heterocycles. The highest BCUT2D eigenvalue weighted by atomic mass is 16.3. The molecule has 0 aromatic rings. The van der Waals surface area contributed by atoms with Crippen LogP contribution in [0, 0.1) is 23.2 Å².